The molecule has 2 aromatic rings. The molecule has 0 amide bonds. The molecule has 1 heterocycles. The van der Waals surface area contributed by atoms with Crippen molar-refractivity contribution >= 4 is 21.4 Å². The van der Waals surface area contributed by atoms with Crippen LogP contribution in [-0.4, -0.2) is 28.5 Å². The highest BCUT2D eigenvalue weighted by atomic mass is 32.2. The van der Waals surface area contributed by atoms with Crippen molar-refractivity contribution in [2.45, 2.75) is 64.0 Å². The summed E-state index contributed by atoms with van der Waals surface area (Å²) in [7, 11) is -3.00. The van der Waals surface area contributed by atoms with Crippen LogP contribution in [0.3, 0.4) is 0 Å². The lowest BCUT2D eigenvalue weighted by Gasteiger charge is -2.30. The van der Waals surface area contributed by atoms with Crippen LogP contribution in [0.1, 0.15) is 58.4 Å². The van der Waals surface area contributed by atoms with Gasteiger partial charge in [-0.05, 0) is 75.4 Å². The number of aryl methyl sites for hydroxylation is 1. The summed E-state index contributed by atoms with van der Waals surface area (Å²) in [6.45, 7) is 5.43. The molecule has 1 aromatic heterocycles. The Labute approximate surface area is 167 Å². The van der Waals surface area contributed by atoms with Gasteiger partial charge in [-0.2, -0.15) is 0 Å². The normalized spacial score (nSPS) is 21.3. The van der Waals surface area contributed by atoms with Gasteiger partial charge in [-0.25, -0.2) is 8.42 Å². The van der Waals surface area contributed by atoms with E-state index in [-0.39, 0.29) is 0 Å². The predicted octanol–water partition coefficient (Wildman–Crippen LogP) is 5.16. The van der Waals surface area contributed by atoms with E-state index in [1.165, 1.54) is 23.5 Å². The molecule has 6 heteroatoms. The number of benzene rings is 1. The lowest BCUT2D eigenvalue weighted by molar-refractivity contribution is 0.278. The minimum absolute atomic E-state index is 0.344. The van der Waals surface area contributed by atoms with Crippen molar-refractivity contribution in [1.82, 2.24) is 9.59 Å². The molecule has 0 atom stereocenters. The standard InChI is InChI=1S/C21H30N2O2S2/c1-21(2,3)27(24,25)15-18-8-6-16(7-9-18)4-5-17-10-12-19(13-11-17)20-14-26-23-22-20/h10-14,16,18H,4-9,15H2,1-3H3. The topological polar surface area (TPSA) is 59.9 Å². The molecule has 0 unspecified atom stereocenters. The molecule has 0 aliphatic heterocycles. The maximum atomic E-state index is 12.4. The van der Waals surface area contributed by atoms with Crippen LogP contribution in [0.2, 0.25) is 0 Å². The summed E-state index contributed by atoms with van der Waals surface area (Å²) in [6.07, 6.45) is 6.70. The van der Waals surface area contributed by atoms with Crippen LogP contribution in [0.4, 0.5) is 0 Å². The van der Waals surface area contributed by atoms with E-state index in [4.69, 9.17) is 0 Å². The van der Waals surface area contributed by atoms with E-state index in [9.17, 15) is 8.42 Å². The SMILES string of the molecule is CC(C)(C)S(=O)(=O)CC1CCC(CCc2ccc(-c3csnn3)cc2)CC1. The first kappa shape index (κ1) is 20.5. The third kappa shape index (κ3) is 5.38. The van der Waals surface area contributed by atoms with Crippen molar-refractivity contribution in [3.8, 4) is 11.3 Å². The van der Waals surface area contributed by atoms with E-state index >= 15 is 0 Å². The molecular formula is C21H30N2O2S2. The molecule has 1 aliphatic carbocycles. The molecule has 0 radical (unpaired) electrons. The van der Waals surface area contributed by atoms with Gasteiger partial charge >= 0.3 is 0 Å². The minimum atomic E-state index is -3.00. The van der Waals surface area contributed by atoms with Crippen LogP contribution in [0.5, 0.6) is 0 Å². The number of rotatable bonds is 6. The smallest absolute Gasteiger partial charge is 0.155 e. The zero-order chi connectivity index (χ0) is 19.5. The summed E-state index contributed by atoms with van der Waals surface area (Å²) in [5, 5.41) is 6.07. The van der Waals surface area contributed by atoms with Crippen molar-refractivity contribution in [2.75, 3.05) is 5.75 Å². The second kappa shape index (κ2) is 8.39. The predicted molar refractivity (Wildman–Crippen MR) is 113 cm³/mol. The van der Waals surface area contributed by atoms with Gasteiger partial charge in [-0.3, -0.25) is 0 Å². The van der Waals surface area contributed by atoms with Crippen molar-refractivity contribution in [2.24, 2.45) is 11.8 Å². The zero-order valence-corrected chi connectivity index (χ0v) is 18.2. The molecule has 1 aliphatic rings. The maximum absolute atomic E-state index is 12.4. The van der Waals surface area contributed by atoms with Gasteiger partial charge in [0.2, 0.25) is 0 Å². The largest absolute Gasteiger partial charge is 0.228 e. The first-order valence-electron chi connectivity index (χ1n) is 9.83. The Morgan fingerprint density at radius 3 is 2.22 bits per heavy atom. The zero-order valence-electron chi connectivity index (χ0n) is 16.5. The lowest BCUT2D eigenvalue weighted by Crippen LogP contribution is -2.34. The highest BCUT2D eigenvalue weighted by Gasteiger charge is 2.33. The Bertz CT molecular complexity index is 814. The maximum Gasteiger partial charge on any atom is 0.155 e. The van der Waals surface area contributed by atoms with Gasteiger partial charge in [-0.15, -0.1) is 5.10 Å². The van der Waals surface area contributed by atoms with Crippen molar-refractivity contribution in [3.05, 3.63) is 35.2 Å². The summed E-state index contributed by atoms with van der Waals surface area (Å²) in [4.78, 5) is 0. The lowest BCUT2D eigenvalue weighted by atomic mass is 9.80. The fraction of sp³-hybridized carbons (Fsp3) is 0.619. The van der Waals surface area contributed by atoms with Gasteiger partial charge in [0.25, 0.3) is 0 Å². The van der Waals surface area contributed by atoms with Crippen LogP contribution in [0.25, 0.3) is 11.3 Å². The second-order valence-electron chi connectivity index (χ2n) is 8.81. The summed E-state index contributed by atoms with van der Waals surface area (Å²) >= 11 is 1.37. The molecule has 3 rings (SSSR count). The van der Waals surface area contributed by atoms with Crippen LogP contribution in [0.15, 0.2) is 29.6 Å². The Hall–Kier alpha value is -1.27. The molecule has 27 heavy (non-hydrogen) atoms. The number of sulfone groups is 1. The van der Waals surface area contributed by atoms with Crippen LogP contribution < -0.4 is 0 Å². The molecule has 1 aromatic carbocycles. The Kier molecular flexibility index (Phi) is 6.36. The highest BCUT2D eigenvalue weighted by Crippen LogP contribution is 2.34. The van der Waals surface area contributed by atoms with Crippen LogP contribution in [0, 0.1) is 11.8 Å². The molecule has 0 bridgehead atoms. The van der Waals surface area contributed by atoms with Crippen LogP contribution >= 0.6 is 11.5 Å². The monoisotopic (exact) mass is 406 g/mol. The summed E-state index contributed by atoms with van der Waals surface area (Å²) in [6, 6.07) is 8.63. The summed E-state index contributed by atoms with van der Waals surface area (Å²) < 4.78 is 28.1. The number of hydrogen-bond donors (Lipinski definition) is 0. The minimum Gasteiger partial charge on any atom is -0.228 e. The van der Waals surface area contributed by atoms with Crippen molar-refractivity contribution < 1.29 is 8.42 Å². The first-order chi connectivity index (χ1) is 12.7. The first-order valence-corrected chi connectivity index (χ1v) is 12.3. The molecule has 0 N–H and O–H groups in total. The summed E-state index contributed by atoms with van der Waals surface area (Å²) in [5.41, 5.74) is 3.42. The van der Waals surface area contributed by atoms with Gasteiger partial charge in [0.15, 0.2) is 9.84 Å². The Morgan fingerprint density at radius 1 is 1.04 bits per heavy atom. The summed E-state index contributed by atoms with van der Waals surface area (Å²) in [5.74, 6) is 1.42. The third-order valence-corrected chi connectivity index (χ3v) is 9.09. The average molecular weight is 407 g/mol. The van der Waals surface area contributed by atoms with Crippen molar-refractivity contribution in [1.29, 1.82) is 0 Å². The Balaban J connectivity index is 1.45. The van der Waals surface area contributed by atoms with Gasteiger partial charge < -0.3 is 0 Å². The second-order valence-corrected chi connectivity index (χ2v) is 12.2. The van der Waals surface area contributed by atoms with E-state index in [2.05, 4.69) is 33.9 Å². The van der Waals surface area contributed by atoms with E-state index in [1.54, 1.807) is 0 Å². The third-order valence-electron chi connectivity index (χ3n) is 5.81. The quantitative estimate of drug-likeness (QED) is 0.665. The molecule has 148 valence electrons. The molecule has 4 nitrogen and oxygen atoms in total. The fourth-order valence-corrected chi connectivity index (χ4v) is 5.67. The highest BCUT2D eigenvalue weighted by molar-refractivity contribution is 7.92. The van der Waals surface area contributed by atoms with Gasteiger partial charge in [0, 0.05) is 10.9 Å². The fourth-order valence-electron chi connectivity index (χ4n) is 3.75. The average Bonchev–Trinajstić information content (AvgIpc) is 3.15. The van der Waals surface area contributed by atoms with Crippen LogP contribution in [-0.2, 0) is 16.3 Å². The van der Waals surface area contributed by atoms with E-state index < -0.39 is 14.6 Å². The molecule has 1 fully saturated rings. The number of nitrogens with zero attached hydrogens (tertiary/aromatic N) is 2. The van der Waals surface area contributed by atoms with Gasteiger partial charge in [-0.1, -0.05) is 41.6 Å². The molecule has 1 saturated carbocycles. The number of hydrogen-bond acceptors (Lipinski definition) is 5. The number of aromatic nitrogens is 2. The van der Waals surface area contributed by atoms with E-state index in [1.807, 2.05) is 26.2 Å². The molecule has 0 saturated heterocycles. The molecular weight excluding hydrogens is 376 g/mol. The van der Waals surface area contributed by atoms with Gasteiger partial charge in [0.1, 0.15) is 5.69 Å². The Morgan fingerprint density at radius 2 is 1.67 bits per heavy atom. The molecule has 0 spiro atoms. The van der Waals surface area contributed by atoms with Crippen molar-refractivity contribution in [3.63, 3.8) is 0 Å². The van der Waals surface area contributed by atoms with E-state index in [0.717, 1.165) is 49.3 Å². The van der Waals surface area contributed by atoms with Gasteiger partial charge in [0.05, 0.1) is 10.5 Å². The van der Waals surface area contributed by atoms with E-state index in [0.29, 0.717) is 11.7 Å².